The number of carbonyl (C=O) groups is 2. The highest BCUT2D eigenvalue weighted by Gasteiger charge is 2.31. The number of likely N-dealkylation sites (tertiary alicyclic amines) is 1. The Hall–Kier alpha value is -2.69. The summed E-state index contributed by atoms with van der Waals surface area (Å²) in [5.74, 6) is -0.781. The number of pyridine rings is 1. The van der Waals surface area contributed by atoms with Crippen molar-refractivity contribution < 1.29 is 14.7 Å². The van der Waals surface area contributed by atoms with Gasteiger partial charge in [0.05, 0.1) is 11.7 Å². The van der Waals surface area contributed by atoms with Crippen LogP contribution in [0.25, 0.3) is 0 Å². The normalized spacial score (nSPS) is 16.8. The molecule has 25 heavy (non-hydrogen) atoms. The molecule has 1 aromatic carbocycles. The Balaban J connectivity index is 1.84. The molecule has 2 aromatic rings. The summed E-state index contributed by atoms with van der Waals surface area (Å²) in [5, 5.41) is 8.90. The molecule has 0 bridgehead atoms. The summed E-state index contributed by atoms with van der Waals surface area (Å²) < 4.78 is 0. The number of carbonyl (C=O) groups excluding carboxylic acids is 1. The van der Waals surface area contributed by atoms with Crippen LogP contribution >= 0.6 is 0 Å². The molecule has 0 saturated carbocycles. The van der Waals surface area contributed by atoms with E-state index in [0.717, 1.165) is 36.3 Å². The molecule has 1 fully saturated rings. The van der Waals surface area contributed by atoms with Gasteiger partial charge in [-0.1, -0.05) is 18.2 Å². The summed E-state index contributed by atoms with van der Waals surface area (Å²) >= 11 is 0. The molecule has 3 rings (SSSR count). The Morgan fingerprint density at radius 2 is 2.00 bits per heavy atom. The fourth-order valence-corrected chi connectivity index (χ4v) is 3.40. The molecule has 130 valence electrons. The predicted octanol–water partition coefficient (Wildman–Crippen LogP) is 3.38. The van der Waals surface area contributed by atoms with Crippen molar-refractivity contribution in [1.82, 2.24) is 9.88 Å². The molecule has 1 unspecified atom stereocenters. The van der Waals surface area contributed by atoms with Crippen LogP contribution in [0.15, 0.2) is 42.5 Å². The second kappa shape index (κ2) is 7.47. The monoisotopic (exact) mass is 338 g/mol. The Labute approximate surface area is 147 Å². The first kappa shape index (κ1) is 17.1. The highest BCUT2D eigenvalue weighted by molar-refractivity contribution is 5.94. The first-order valence-electron chi connectivity index (χ1n) is 8.60. The van der Waals surface area contributed by atoms with Crippen molar-refractivity contribution in [2.75, 3.05) is 6.54 Å². The van der Waals surface area contributed by atoms with Gasteiger partial charge in [0, 0.05) is 24.2 Å². The molecule has 1 amide bonds. The number of nitrogens with zero attached hydrogens (tertiary/aromatic N) is 2. The van der Waals surface area contributed by atoms with Crippen molar-refractivity contribution >= 4 is 11.9 Å². The van der Waals surface area contributed by atoms with E-state index in [9.17, 15) is 9.59 Å². The van der Waals surface area contributed by atoms with Crippen LogP contribution < -0.4 is 0 Å². The third kappa shape index (κ3) is 4.05. The summed E-state index contributed by atoms with van der Waals surface area (Å²) in [4.78, 5) is 30.2. The van der Waals surface area contributed by atoms with E-state index in [1.54, 1.807) is 0 Å². The zero-order valence-corrected chi connectivity index (χ0v) is 14.3. The van der Waals surface area contributed by atoms with E-state index < -0.39 is 5.97 Å². The van der Waals surface area contributed by atoms with Crippen LogP contribution in [0, 0.1) is 6.92 Å². The van der Waals surface area contributed by atoms with Gasteiger partial charge in [0.2, 0.25) is 0 Å². The predicted molar refractivity (Wildman–Crippen MR) is 94.4 cm³/mol. The number of hydrogen-bond acceptors (Lipinski definition) is 3. The first-order chi connectivity index (χ1) is 12.0. The van der Waals surface area contributed by atoms with E-state index in [4.69, 9.17) is 5.11 Å². The maximum atomic E-state index is 12.8. The molecule has 1 saturated heterocycles. The van der Waals surface area contributed by atoms with Crippen LogP contribution in [-0.4, -0.2) is 33.4 Å². The van der Waals surface area contributed by atoms with Crippen molar-refractivity contribution in [3.63, 3.8) is 0 Å². The molecule has 0 aliphatic carbocycles. The van der Waals surface area contributed by atoms with Gasteiger partial charge in [-0.2, -0.15) is 0 Å². The Morgan fingerprint density at radius 1 is 1.24 bits per heavy atom. The summed E-state index contributed by atoms with van der Waals surface area (Å²) in [6.07, 6.45) is 2.40. The van der Waals surface area contributed by atoms with Crippen LogP contribution in [0.5, 0.6) is 0 Å². The fourth-order valence-electron chi connectivity index (χ4n) is 3.40. The second-order valence-corrected chi connectivity index (χ2v) is 6.46. The highest BCUT2D eigenvalue weighted by Crippen LogP contribution is 2.32. The maximum Gasteiger partial charge on any atom is 0.303 e. The third-order valence-corrected chi connectivity index (χ3v) is 4.54. The minimum absolute atomic E-state index is 0.0264. The lowest BCUT2D eigenvalue weighted by molar-refractivity contribution is -0.136. The zero-order valence-electron chi connectivity index (χ0n) is 14.3. The molecule has 1 N–H and O–H groups in total. The number of aromatic nitrogens is 1. The molecule has 1 aliphatic rings. The van der Waals surface area contributed by atoms with E-state index in [1.807, 2.05) is 54.3 Å². The van der Waals surface area contributed by atoms with Crippen molar-refractivity contribution in [1.29, 1.82) is 0 Å². The standard InChI is InChI=1S/C20H22N2O3/c1-14-12-15(9-10-19(23)24)13-17(21-14)18-8-5-11-22(18)20(25)16-6-3-2-4-7-16/h2-4,6-7,12-13,18H,5,8-11H2,1H3,(H,23,24). The maximum absolute atomic E-state index is 12.8. The number of carboxylic acid groups (broad SMARTS) is 1. The minimum Gasteiger partial charge on any atom is -0.481 e. The summed E-state index contributed by atoms with van der Waals surface area (Å²) in [6.45, 7) is 2.63. The molecule has 1 aliphatic heterocycles. The molecule has 2 heterocycles. The molecule has 0 radical (unpaired) electrons. The summed E-state index contributed by atoms with van der Waals surface area (Å²) in [7, 11) is 0. The van der Waals surface area contributed by atoms with Gasteiger partial charge < -0.3 is 10.0 Å². The van der Waals surface area contributed by atoms with Crippen LogP contribution in [0.2, 0.25) is 0 Å². The van der Waals surface area contributed by atoms with E-state index in [2.05, 4.69) is 4.98 Å². The van der Waals surface area contributed by atoms with Gasteiger partial charge in [0.15, 0.2) is 0 Å². The number of rotatable bonds is 5. The van der Waals surface area contributed by atoms with Crippen LogP contribution in [0.1, 0.15) is 52.6 Å². The Morgan fingerprint density at radius 3 is 2.72 bits per heavy atom. The summed E-state index contributed by atoms with van der Waals surface area (Å²) in [5.41, 5.74) is 3.37. The number of hydrogen-bond donors (Lipinski definition) is 1. The SMILES string of the molecule is Cc1cc(CCC(=O)O)cc(C2CCCN2C(=O)c2ccccc2)n1. The molecule has 1 atom stereocenters. The molecule has 0 spiro atoms. The summed E-state index contributed by atoms with van der Waals surface area (Å²) in [6, 6.07) is 13.1. The smallest absolute Gasteiger partial charge is 0.303 e. The molecule has 5 nitrogen and oxygen atoms in total. The van der Waals surface area contributed by atoms with E-state index in [-0.39, 0.29) is 18.4 Å². The van der Waals surface area contributed by atoms with Gasteiger partial charge in [-0.15, -0.1) is 0 Å². The van der Waals surface area contributed by atoms with Crippen molar-refractivity contribution in [3.8, 4) is 0 Å². The number of aliphatic carboxylic acids is 1. The van der Waals surface area contributed by atoms with Crippen LogP contribution in [0.3, 0.4) is 0 Å². The van der Waals surface area contributed by atoms with E-state index >= 15 is 0 Å². The van der Waals surface area contributed by atoms with Gasteiger partial charge in [-0.25, -0.2) is 0 Å². The lowest BCUT2D eigenvalue weighted by Crippen LogP contribution is -2.31. The van der Waals surface area contributed by atoms with E-state index in [0.29, 0.717) is 12.0 Å². The lowest BCUT2D eigenvalue weighted by Gasteiger charge is -2.25. The molecular formula is C20H22N2O3. The van der Waals surface area contributed by atoms with Gasteiger partial charge in [-0.05, 0) is 56.0 Å². The first-order valence-corrected chi connectivity index (χ1v) is 8.60. The lowest BCUT2D eigenvalue weighted by atomic mass is 10.0. The van der Waals surface area contributed by atoms with Gasteiger partial charge in [-0.3, -0.25) is 14.6 Å². The number of aryl methyl sites for hydroxylation is 2. The average molecular weight is 338 g/mol. The van der Waals surface area contributed by atoms with Gasteiger partial charge >= 0.3 is 5.97 Å². The Bertz CT molecular complexity index is 774. The van der Waals surface area contributed by atoms with Crippen LogP contribution in [0.4, 0.5) is 0 Å². The topological polar surface area (TPSA) is 70.5 Å². The zero-order chi connectivity index (χ0) is 17.8. The fraction of sp³-hybridized carbons (Fsp3) is 0.350. The molecule has 5 heteroatoms. The minimum atomic E-state index is -0.808. The van der Waals surface area contributed by atoms with Crippen molar-refractivity contribution in [2.24, 2.45) is 0 Å². The van der Waals surface area contributed by atoms with Gasteiger partial charge in [0.1, 0.15) is 0 Å². The van der Waals surface area contributed by atoms with E-state index in [1.165, 1.54) is 0 Å². The second-order valence-electron chi connectivity index (χ2n) is 6.46. The number of amides is 1. The third-order valence-electron chi connectivity index (χ3n) is 4.54. The van der Waals surface area contributed by atoms with Crippen molar-refractivity contribution in [2.45, 2.75) is 38.6 Å². The van der Waals surface area contributed by atoms with Gasteiger partial charge in [0.25, 0.3) is 5.91 Å². The number of carboxylic acids is 1. The van der Waals surface area contributed by atoms with Crippen LogP contribution in [-0.2, 0) is 11.2 Å². The number of benzene rings is 1. The molecule has 1 aromatic heterocycles. The average Bonchev–Trinajstić information content (AvgIpc) is 3.09. The Kier molecular flexibility index (Phi) is 5.12. The highest BCUT2D eigenvalue weighted by atomic mass is 16.4. The largest absolute Gasteiger partial charge is 0.481 e. The molecular weight excluding hydrogens is 316 g/mol. The van der Waals surface area contributed by atoms with Crippen molar-refractivity contribution in [3.05, 3.63) is 65.0 Å². The quantitative estimate of drug-likeness (QED) is 0.907.